The molecule has 4 heteroatoms. The van der Waals surface area contributed by atoms with Gasteiger partial charge in [-0.3, -0.25) is 4.68 Å². The standard InChI is InChI=1S/C11H22N4/c1-9(2)13-6-5-12-7-11-8-15(4)14-10(11)3/h8-9,12-13H,5-7H2,1-4H3. The molecule has 0 saturated carbocycles. The molecule has 0 aliphatic rings. The smallest absolute Gasteiger partial charge is 0.0638 e. The van der Waals surface area contributed by atoms with Gasteiger partial charge >= 0.3 is 0 Å². The molecule has 0 fully saturated rings. The molecule has 2 N–H and O–H groups in total. The molecule has 0 aromatic carbocycles. The number of hydrogen-bond acceptors (Lipinski definition) is 3. The minimum atomic E-state index is 0.562. The predicted octanol–water partition coefficient (Wildman–Crippen LogP) is 0.816. The van der Waals surface area contributed by atoms with E-state index < -0.39 is 0 Å². The number of hydrogen-bond donors (Lipinski definition) is 2. The van der Waals surface area contributed by atoms with Crippen molar-refractivity contribution >= 4 is 0 Å². The van der Waals surface area contributed by atoms with Crippen molar-refractivity contribution in [1.82, 2.24) is 20.4 Å². The summed E-state index contributed by atoms with van der Waals surface area (Å²) in [7, 11) is 1.96. The molecule has 1 aromatic rings. The number of rotatable bonds is 6. The third-order valence-corrected chi connectivity index (χ3v) is 2.28. The van der Waals surface area contributed by atoms with Gasteiger partial charge in [0.1, 0.15) is 0 Å². The quantitative estimate of drug-likeness (QED) is 0.683. The van der Waals surface area contributed by atoms with Crippen molar-refractivity contribution in [3.63, 3.8) is 0 Å². The van der Waals surface area contributed by atoms with Gasteiger partial charge in [-0.15, -0.1) is 0 Å². The minimum absolute atomic E-state index is 0.562. The Hall–Kier alpha value is -0.870. The van der Waals surface area contributed by atoms with Crippen LogP contribution in [0.3, 0.4) is 0 Å². The second-order valence-corrected chi connectivity index (χ2v) is 4.20. The molecule has 0 unspecified atom stereocenters. The largest absolute Gasteiger partial charge is 0.313 e. The van der Waals surface area contributed by atoms with Crippen molar-refractivity contribution in [1.29, 1.82) is 0 Å². The van der Waals surface area contributed by atoms with Gasteiger partial charge in [-0.2, -0.15) is 5.10 Å². The summed E-state index contributed by atoms with van der Waals surface area (Å²) in [5.74, 6) is 0. The average Bonchev–Trinajstić information content (AvgIpc) is 2.44. The molecule has 0 radical (unpaired) electrons. The number of nitrogens with one attached hydrogen (secondary N) is 2. The molecule has 0 aliphatic carbocycles. The van der Waals surface area contributed by atoms with Crippen LogP contribution < -0.4 is 10.6 Å². The lowest BCUT2D eigenvalue weighted by Gasteiger charge is -2.08. The Kier molecular flexibility index (Phi) is 4.78. The van der Waals surface area contributed by atoms with Crippen LogP contribution in [0.4, 0.5) is 0 Å². The van der Waals surface area contributed by atoms with Gasteiger partial charge in [0.2, 0.25) is 0 Å². The zero-order chi connectivity index (χ0) is 11.3. The van der Waals surface area contributed by atoms with Crippen molar-refractivity contribution in [2.45, 2.75) is 33.4 Å². The Bertz CT molecular complexity index is 291. The maximum Gasteiger partial charge on any atom is 0.0638 e. The van der Waals surface area contributed by atoms with Gasteiger partial charge in [-0.1, -0.05) is 13.8 Å². The number of nitrogens with zero attached hydrogens (tertiary/aromatic N) is 2. The second-order valence-electron chi connectivity index (χ2n) is 4.20. The summed E-state index contributed by atoms with van der Waals surface area (Å²) in [6, 6.07) is 0.562. The molecule has 0 amide bonds. The second kappa shape index (κ2) is 5.88. The fourth-order valence-electron chi connectivity index (χ4n) is 1.49. The summed E-state index contributed by atoms with van der Waals surface area (Å²) in [5, 5.41) is 11.1. The van der Waals surface area contributed by atoms with Crippen LogP contribution in [0.1, 0.15) is 25.1 Å². The normalized spacial score (nSPS) is 11.3. The van der Waals surface area contributed by atoms with Gasteiger partial charge in [0, 0.05) is 44.5 Å². The maximum absolute atomic E-state index is 4.30. The fraction of sp³-hybridized carbons (Fsp3) is 0.727. The van der Waals surface area contributed by atoms with Crippen molar-refractivity contribution in [3.05, 3.63) is 17.5 Å². The lowest BCUT2D eigenvalue weighted by Crippen LogP contribution is -2.31. The highest BCUT2D eigenvalue weighted by Crippen LogP contribution is 2.02. The minimum Gasteiger partial charge on any atom is -0.313 e. The highest BCUT2D eigenvalue weighted by Gasteiger charge is 2.01. The van der Waals surface area contributed by atoms with E-state index in [9.17, 15) is 0 Å². The third kappa shape index (κ3) is 4.44. The van der Waals surface area contributed by atoms with Crippen LogP contribution in [-0.2, 0) is 13.6 Å². The summed E-state index contributed by atoms with van der Waals surface area (Å²) in [6.45, 7) is 9.27. The topological polar surface area (TPSA) is 41.9 Å². The summed E-state index contributed by atoms with van der Waals surface area (Å²) in [5.41, 5.74) is 2.39. The van der Waals surface area contributed by atoms with E-state index in [0.29, 0.717) is 6.04 Å². The van der Waals surface area contributed by atoms with Crippen LogP contribution in [0.2, 0.25) is 0 Å². The van der Waals surface area contributed by atoms with Crippen LogP contribution in [0.25, 0.3) is 0 Å². The SMILES string of the molecule is Cc1nn(C)cc1CNCCNC(C)C. The first-order valence-electron chi connectivity index (χ1n) is 5.53. The van der Waals surface area contributed by atoms with E-state index in [-0.39, 0.29) is 0 Å². The molecule has 4 nitrogen and oxygen atoms in total. The summed E-state index contributed by atoms with van der Waals surface area (Å²) in [4.78, 5) is 0. The van der Waals surface area contributed by atoms with E-state index in [1.54, 1.807) is 0 Å². The zero-order valence-corrected chi connectivity index (χ0v) is 10.2. The molecular formula is C11H22N4. The average molecular weight is 210 g/mol. The number of aryl methyl sites for hydroxylation is 2. The molecule has 0 bridgehead atoms. The first-order chi connectivity index (χ1) is 7.09. The zero-order valence-electron chi connectivity index (χ0n) is 10.2. The lowest BCUT2D eigenvalue weighted by molar-refractivity contribution is 0.555. The van der Waals surface area contributed by atoms with Crippen molar-refractivity contribution < 1.29 is 0 Å². The molecule has 1 rings (SSSR count). The van der Waals surface area contributed by atoms with Gasteiger partial charge in [0.25, 0.3) is 0 Å². The molecule has 0 atom stereocenters. The number of aromatic nitrogens is 2. The van der Waals surface area contributed by atoms with E-state index in [1.165, 1.54) is 5.56 Å². The third-order valence-electron chi connectivity index (χ3n) is 2.28. The van der Waals surface area contributed by atoms with E-state index in [4.69, 9.17) is 0 Å². The molecule has 0 aliphatic heterocycles. The van der Waals surface area contributed by atoms with Gasteiger partial charge in [0.15, 0.2) is 0 Å². The summed E-state index contributed by atoms with van der Waals surface area (Å²) in [6.07, 6.45) is 2.07. The van der Waals surface area contributed by atoms with E-state index in [2.05, 4.69) is 35.8 Å². The monoisotopic (exact) mass is 210 g/mol. The first kappa shape index (κ1) is 12.2. The van der Waals surface area contributed by atoms with Crippen molar-refractivity contribution in [2.75, 3.05) is 13.1 Å². The Labute approximate surface area is 92.1 Å². The van der Waals surface area contributed by atoms with Gasteiger partial charge in [-0.25, -0.2) is 0 Å². The van der Waals surface area contributed by atoms with E-state index >= 15 is 0 Å². The first-order valence-corrected chi connectivity index (χ1v) is 5.53. The molecule has 0 saturated heterocycles. The molecule has 15 heavy (non-hydrogen) atoms. The molecule has 0 spiro atoms. The maximum atomic E-state index is 4.30. The lowest BCUT2D eigenvalue weighted by atomic mass is 10.2. The van der Waals surface area contributed by atoms with Gasteiger partial charge in [0.05, 0.1) is 5.69 Å². The van der Waals surface area contributed by atoms with Crippen LogP contribution >= 0.6 is 0 Å². The Morgan fingerprint density at radius 2 is 2.13 bits per heavy atom. The van der Waals surface area contributed by atoms with Crippen LogP contribution in [0.15, 0.2) is 6.20 Å². The molecule has 1 aromatic heterocycles. The molecule has 86 valence electrons. The van der Waals surface area contributed by atoms with Gasteiger partial charge in [-0.05, 0) is 6.92 Å². The Morgan fingerprint density at radius 1 is 1.40 bits per heavy atom. The fourth-order valence-corrected chi connectivity index (χ4v) is 1.49. The van der Waals surface area contributed by atoms with Crippen molar-refractivity contribution in [2.24, 2.45) is 7.05 Å². The van der Waals surface area contributed by atoms with Crippen LogP contribution in [-0.4, -0.2) is 28.9 Å². The molecule has 1 heterocycles. The highest BCUT2D eigenvalue weighted by molar-refractivity contribution is 5.14. The summed E-state index contributed by atoms with van der Waals surface area (Å²) < 4.78 is 1.86. The predicted molar refractivity (Wildman–Crippen MR) is 62.8 cm³/mol. The highest BCUT2D eigenvalue weighted by atomic mass is 15.2. The van der Waals surface area contributed by atoms with E-state index in [1.807, 2.05) is 18.7 Å². The van der Waals surface area contributed by atoms with E-state index in [0.717, 1.165) is 25.3 Å². The molecular weight excluding hydrogens is 188 g/mol. The van der Waals surface area contributed by atoms with Crippen molar-refractivity contribution in [3.8, 4) is 0 Å². The van der Waals surface area contributed by atoms with Gasteiger partial charge < -0.3 is 10.6 Å². The Morgan fingerprint density at radius 3 is 2.67 bits per heavy atom. The van der Waals surface area contributed by atoms with Crippen LogP contribution in [0, 0.1) is 6.92 Å². The van der Waals surface area contributed by atoms with Crippen LogP contribution in [0.5, 0.6) is 0 Å². The summed E-state index contributed by atoms with van der Waals surface area (Å²) >= 11 is 0. The Balaban J connectivity index is 2.17.